The van der Waals surface area contributed by atoms with E-state index < -0.39 is 6.10 Å². The fourth-order valence-electron chi connectivity index (χ4n) is 3.62. The molecule has 0 radical (unpaired) electrons. The molecule has 6 nitrogen and oxygen atoms in total. The first-order valence-corrected chi connectivity index (χ1v) is 10.6. The number of nitrogens with zero attached hydrogens (tertiary/aromatic N) is 3. The van der Waals surface area contributed by atoms with Crippen molar-refractivity contribution < 1.29 is 5.11 Å². The first-order valence-electron chi connectivity index (χ1n) is 10.6. The average molecular weight is 523 g/mol. The number of aliphatic hydroxyl groups is 1. The van der Waals surface area contributed by atoms with Crippen LogP contribution < -0.4 is 10.6 Å². The van der Waals surface area contributed by atoms with Gasteiger partial charge in [-0.25, -0.2) is 0 Å². The van der Waals surface area contributed by atoms with E-state index in [4.69, 9.17) is 0 Å². The highest BCUT2D eigenvalue weighted by molar-refractivity contribution is 14.0. The Labute approximate surface area is 197 Å². The molecule has 0 spiro atoms. The molecule has 3 N–H and O–H groups in total. The van der Waals surface area contributed by atoms with E-state index in [2.05, 4.69) is 38.5 Å². The molecular weight excluding hydrogens is 489 g/mol. The van der Waals surface area contributed by atoms with Crippen molar-refractivity contribution in [3.8, 4) is 0 Å². The second kappa shape index (κ2) is 13.6. The molecule has 1 unspecified atom stereocenters. The lowest BCUT2D eigenvalue weighted by Gasteiger charge is -2.32. The minimum atomic E-state index is -0.479. The van der Waals surface area contributed by atoms with Crippen molar-refractivity contribution in [2.75, 3.05) is 26.2 Å². The van der Waals surface area contributed by atoms with Gasteiger partial charge in [-0.1, -0.05) is 36.4 Å². The van der Waals surface area contributed by atoms with Gasteiger partial charge in [0.25, 0.3) is 0 Å². The number of hydrogen-bond acceptors (Lipinski definition) is 4. The molecule has 164 valence electrons. The largest absolute Gasteiger partial charge is 0.391 e. The lowest BCUT2D eigenvalue weighted by molar-refractivity contribution is 0.183. The van der Waals surface area contributed by atoms with Crippen LogP contribution in [0.4, 0.5) is 0 Å². The van der Waals surface area contributed by atoms with Gasteiger partial charge in [0.05, 0.1) is 18.3 Å². The molecule has 0 aliphatic carbocycles. The molecule has 0 amide bonds. The number of guanidine groups is 1. The van der Waals surface area contributed by atoms with E-state index in [9.17, 15) is 5.11 Å². The van der Waals surface area contributed by atoms with E-state index in [1.165, 1.54) is 0 Å². The molecule has 1 atom stereocenters. The highest BCUT2D eigenvalue weighted by atomic mass is 127. The van der Waals surface area contributed by atoms with Gasteiger partial charge in [-0.3, -0.25) is 14.9 Å². The van der Waals surface area contributed by atoms with Gasteiger partial charge in [0, 0.05) is 44.8 Å². The monoisotopic (exact) mass is 523 g/mol. The Morgan fingerprint density at radius 1 is 1.17 bits per heavy atom. The average Bonchev–Trinajstić information content (AvgIpc) is 2.75. The summed E-state index contributed by atoms with van der Waals surface area (Å²) in [6.07, 6.45) is 4.14. The zero-order chi connectivity index (χ0) is 20.3. The standard InChI is InChI=1S/C23H33N5O.HI/c1-2-24-23(26-17-22(29)16-19-8-4-3-5-9-19)27-20-11-14-28(15-12-20)18-21-10-6-7-13-25-21;/h3-10,13,20,22,29H,2,11-12,14-18H2,1H3,(H2,24,26,27);1H. The topological polar surface area (TPSA) is 72.8 Å². The maximum absolute atomic E-state index is 10.3. The van der Waals surface area contributed by atoms with Gasteiger partial charge < -0.3 is 15.7 Å². The van der Waals surface area contributed by atoms with Crippen LogP contribution in [0.5, 0.6) is 0 Å². The molecule has 2 heterocycles. The molecule has 1 aliphatic heterocycles. The zero-order valence-electron chi connectivity index (χ0n) is 17.7. The van der Waals surface area contributed by atoms with Crippen LogP contribution in [0.15, 0.2) is 59.7 Å². The van der Waals surface area contributed by atoms with Crippen molar-refractivity contribution in [1.82, 2.24) is 20.5 Å². The third-order valence-electron chi connectivity index (χ3n) is 5.16. The van der Waals surface area contributed by atoms with E-state index in [1.807, 2.05) is 48.7 Å². The number of aromatic nitrogens is 1. The number of pyridine rings is 1. The van der Waals surface area contributed by atoms with Crippen molar-refractivity contribution in [2.24, 2.45) is 4.99 Å². The summed E-state index contributed by atoms with van der Waals surface area (Å²) in [5.41, 5.74) is 2.26. The summed E-state index contributed by atoms with van der Waals surface area (Å²) >= 11 is 0. The fraction of sp³-hybridized carbons (Fsp3) is 0.478. The summed E-state index contributed by atoms with van der Waals surface area (Å²) in [6, 6.07) is 16.5. The Hall–Kier alpha value is -1.71. The van der Waals surface area contributed by atoms with E-state index in [-0.39, 0.29) is 24.0 Å². The van der Waals surface area contributed by atoms with Crippen LogP contribution in [0.25, 0.3) is 0 Å². The van der Waals surface area contributed by atoms with Crippen LogP contribution in [0.2, 0.25) is 0 Å². The lowest BCUT2D eigenvalue weighted by atomic mass is 10.0. The molecule has 1 fully saturated rings. The van der Waals surface area contributed by atoms with Crippen molar-refractivity contribution in [2.45, 2.75) is 44.9 Å². The van der Waals surface area contributed by atoms with Crippen LogP contribution in [0, 0.1) is 0 Å². The fourth-order valence-corrected chi connectivity index (χ4v) is 3.62. The van der Waals surface area contributed by atoms with Crippen molar-refractivity contribution in [3.05, 3.63) is 66.0 Å². The Kier molecular flexibility index (Phi) is 11.1. The number of nitrogens with one attached hydrogen (secondary N) is 2. The van der Waals surface area contributed by atoms with E-state index >= 15 is 0 Å². The quantitative estimate of drug-likeness (QED) is 0.282. The summed E-state index contributed by atoms with van der Waals surface area (Å²) in [4.78, 5) is 11.5. The highest BCUT2D eigenvalue weighted by Crippen LogP contribution is 2.13. The number of halogens is 1. The van der Waals surface area contributed by atoms with Crippen molar-refractivity contribution in [1.29, 1.82) is 0 Å². The lowest BCUT2D eigenvalue weighted by Crippen LogP contribution is -2.48. The number of aliphatic hydroxyl groups excluding tert-OH is 1. The summed E-state index contributed by atoms with van der Waals surface area (Å²) in [5.74, 6) is 0.794. The molecule has 2 aromatic rings. The molecule has 0 saturated carbocycles. The van der Waals surface area contributed by atoms with Gasteiger partial charge in [-0.2, -0.15) is 0 Å². The van der Waals surface area contributed by atoms with Gasteiger partial charge in [-0.05, 0) is 37.5 Å². The molecule has 1 aromatic heterocycles. The maximum Gasteiger partial charge on any atom is 0.191 e. The second-order valence-corrected chi connectivity index (χ2v) is 7.58. The molecule has 7 heteroatoms. The van der Waals surface area contributed by atoms with Crippen LogP contribution in [0.3, 0.4) is 0 Å². The minimum absolute atomic E-state index is 0. The Balaban J connectivity index is 0.00000320. The smallest absolute Gasteiger partial charge is 0.191 e. The summed E-state index contributed by atoms with van der Waals surface area (Å²) in [7, 11) is 0. The first-order chi connectivity index (χ1) is 14.2. The van der Waals surface area contributed by atoms with Gasteiger partial charge in [0.15, 0.2) is 5.96 Å². The predicted molar refractivity (Wildman–Crippen MR) is 133 cm³/mol. The molecular formula is C23H34IN5O. The van der Waals surface area contributed by atoms with Crippen LogP contribution in [-0.2, 0) is 13.0 Å². The van der Waals surface area contributed by atoms with Crippen LogP contribution in [-0.4, -0.2) is 59.3 Å². The van der Waals surface area contributed by atoms with Crippen LogP contribution in [0.1, 0.15) is 31.0 Å². The number of likely N-dealkylation sites (tertiary alicyclic amines) is 1. The van der Waals surface area contributed by atoms with Crippen molar-refractivity contribution >= 4 is 29.9 Å². The number of rotatable bonds is 8. The summed E-state index contributed by atoms with van der Waals surface area (Å²) in [5, 5.41) is 17.2. The van der Waals surface area contributed by atoms with Gasteiger partial charge in [0.2, 0.25) is 0 Å². The maximum atomic E-state index is 10.3. The van der Waals surface area contributed by atoms with Gasteiger partial charge in [0.1, 0.15) is 0 Å². The van der Waals surface area contributed by atoms with Crippen LogP contribution >= 0.6 is 24.0 Å². The zero-order valence-corrected chi connectivity index (χ0v) is 20.0. The van der Waals surface area contributed by atoms with E-state index in [0.29, 0.717) is 19.0 Å². The predicted octanol–water partition coefficient (Wildman–Crippen LogP) is 2.82. The van der Waals surface area contributed by atoms with Gasteiger partial charge in [-0.15, -0.1) is 24.0 Å². The molecule has 1 aliphatic rings. The Morgan fingerprint density at radius 3 is 2.57 bits per heavy atom. The normalized spacial score (nSPS) is 16.5. The highest BCUT2D eigenvalue weighted by Gasteiger charge is 2.20. The Bertz CT molecular complexity index is 736. The van der Waals surface area contributed by atoms with E-state index in [1.54, 1.807) is 0 Å². The van der Waals surface area contributed by atoms with Crippen molar-refractivity contribution in [3.63, 3.8) is 0 Å². The third kappa shape index (κ3) is 8.57. The molecule has 1 saturated heterocycles. The number of aliphatic imine (C=N–C) groups is 1. The summed E-state index contributed by atoms with van der Waals surface area (Å²) < 4.78 is 0. The molecule has 30 heavy (non-hydrogen) atoms. The SMILES string of the molecule is CCNC(=NCC(O)Cc1ccccc1)NC1CCN(Cc2ccccn2)CC1.I. The first kappa shape index (κ1) is 24.6. The molecule has 1 aromatic carbocycles. The molecule has 3 rings (SSSR count). The third-order valence-corrected chi connectivity index (χ3v) is 5.16. The second-order valence-electron chi connectivity index (χ2n) is 7.58. The summed E-state index contributed by atoms with van der Waals surface area (Å²) in [6.45, 7) is 6.26. The Morgan fingerprint density at radius 2 is 1.90 bits per heavy atom. The molecule has 0 bridgehead atoms. The van der Waals surface area contributed by atoms with Gasteiger partial charge >= 0.3 is 0 Å². The number of benzene rings is 1. The minimum Gasteiger partial charge on any atom is -0.391 e. The van der Waals surface area contributed by atoms with E-state index in [0.717, 1.165) is 56.2 Å². The number of hydrogen-bond donors (Lipinski definition) is 3. The number of piperidine rings is 1.